The zero-order valence-corrected chi connectivity index (χ0v) is 12.8. The number of nitrogens with one attached hydrogen (secondary N) is 2. The number of benzene rings is 1. The zero-order valence-electron chi connectivity index (χ0n) is 10.4. The number of hydrogen-bond donors (Lipinski definition) is 2. The number of rotatable bonds is 3. The van der Waals surface area contributed by atoms with Gasteiger partial charge in [-0.25, -0.2) is 0 Å². The lowest BCUT2D eigenvalue weighted by Crippen LogP contribution is -1.87. The van der Waals surface area contributed by atoms with Gasteiger partial charge in [0.1, 0.15) is 10.3 Å². The van der Waals surface area contributed by atoms with Gasteiger partial charge in [0.2, 0.25) is 0 Å². The minimum atomic E-state index is 0.548. The molecule has 3 rings (SSSR count). The van der Waals surface area contributed by atoms with Crippen LogP contribution in [0.3, 0.4) is 0 Å². The minimum absolute atomic E-state index is 0.548. The van der Waals surface area contributed by atoms with Crippen molar-refractivity contribution < 1.29 is 0 Å². The van der Waals surface area contributed by atoms with Crippen molar-refractivity contribution in [2.24, 2.45) is 0 Å². The predicted molar refractivity (Wildman–Crippen MR) is 84.4 cm³/mol. The number of hydrogen-bond acceptors (Lipinski definition) is 5. The van der Waals surface area contributed by atoms with Crippen LogP contribution < -0.4 is 4.72 Å². The van der Waals surface area contributed by atoms with Gasteiger partial charge in [-0.3, -0.25) is 0 Å². The fourth-order valence-electron chi connectivity index (χ4n) is 1.87. The maximum Gasteiger partial charge on any atom is 0.102 e. The molecule has 0 aliphatic rings. The number of fused-ring (bicyclic) bond motifs is 1. The first-order chi connectivity index (χ1) is 9.69. The lowest BCUT2D eigenvalue weighted by Gasteiger charge is -2.06. The number of anilines is 1. The molecule has 0 saturated heterocycles. The first-order valence-corrected chi connectivity index (χ1v) is 7.71. The van der Waals surface area contributed by atoms with Crippen molar-refractivity contribution in [1.82, 2.24) is 9.36 Å². The van der Waals surface area contributed by atoms with Crippen molar-refractivity contribution >= 4 is 51.7 Å². The summed E-state index contributed by atoms with van der Waals surface area (Å²) in [6, 6.07) is 7.84. The number of aromatic amines is 1. The van der Waals surface area contributed by atoms with E-state index in [0.29, 0.717) is 10.6 Å². The topological polar surface area (TPSA) is 64.5 Å². The Morgan fingerprint density at radius 3 is 3.05 bits per heavy atom. The van der Waals surface area contributed by atoms with Crippen LogP contribution in [-0.4, -0.2) is 9.36 Å². The van der Waals surface area contributed by atoms with E-state index in [2.05, 4.69) is 20.1 Å². The molecule has 3 aromatic rings. The van der Waals surface area contributed by atoms with Crippen LogP contribution in [0, 0.1) is 18.3 Å². The summed E-state index contributed by atoms with van der Waals surface area (Å²) >= 11 is 9.10. The Hall–Kier alpha value is -1.68. The average molecular weight is 321 g/mol. The Balaban J connectivity index is 1.94. The molecule has 7 heteroatoms. The van der Waals surface area contributed by atoms with Crippen LogP contribution in [0.25, 0.3) is 10.9 Å². The molecule has 0 bridgehead atoms. The quantitative estimate of drug-likeness (QED) is 0.693. The van der Waals surface area contributed by atoms with Gasteiger partial charge in [-0.15, -0.1) is 0 Å². The summed E-state index contributed by atoms with van der Waals surface area (Å²) < 4.78 is 8.58. The van der Waals surface area contributed by atoms with Crippen molar-refractivity contribution in [2.45, 2.75) is 11.1 Å². The second-order valence-corrected chi connectivity index (χ2v) is 6.47. The summed E-state index contributed by atoms with van der Waals surface area (Å²) in [5.74, 6) is 0. The van der Waals surface area contributed by atoms with Crippen molar-refractivity contribution in [3.05, 3.63) is 40.7 Å². The van der Waals surface area contributed by atoms with Crippen molar-refractivity contribution in [2.75, 3.05) is 4.72 Å². The molecule has 2 N–H and O–H groups in total. The summed E-state index contributed by atoms with van der Waals surface area (Å²) in [6.07, 6.45) is 1.67. The molecule has 0 spiro atoms. The van der Waals surface area contributed by atoms with E-state index < -0.39 is 0 Å². The molecule has 2 heterocycles. The van der Waals surface area contributed by atoms with Gasteiger partial charge in [0.15, 0.2) is 0 Å². The largest absolute Gasteiger partial charge is 0.358 e. The van der Waals surface area contributed by atoms with Gasteiger partial charge in [0.05, 0.1) is 27.5 Å². The number of H-pyrrole nitrogens is 1. The van der Waals surface area contributed by atoms with Crippen molar-refractivity contribution in [3.8, 4) is 6.07 Å². The highest BCUT2D eigenvalue weighted by atomic mass is 35.5. The van der Waals surface area contributed by atoms with E-state index in [4.69, 9.17) is 16.9 Å². The molecule has 0 radical (unpaired) electrons. The maximum absolute atomic E-state index is 9.09. The monoisotopic (exact) mass is 320 g/mol. The van der Waals surface area contributed by atoms with E-state index in [1.165, 1.54) is 23.5 Å². The molecule has 0 atom stereocenters. The highest BCUT2D eigenvalue weighted by molar-refractivity contribution is 8.02. The maximum atomic E-state index is 9.09. The molecule has 0 fully saturated rings. The number of nitrogens with zero attached hydrogens (tertiary/aromatic N) is 2. The fourth-order valence-corrected chi connectivity index (χ4v) is 3.64. The summed E-state index contributed by atoms with van der Waals surface area (Å²) in [4.78, 5) is 3.10. The van der Waals surface area contributed by atoms with Crippen LogP contribution in [0.1, 0.15) is 11.3 Å². The third kappa shape index (κ3) is 2.36. The number of halogens is 1. The molecule has 0 unspecified atom stereocenters. The molecule has 0 amide bonds. The molecule has 0 saturated carbocycles. The fraction of sp³-hybridized carbons (Fsp3) is 0.0769. The lowest BCUT2D eigenvalue weighted by atomic mass is 10.1. The van der Waals surface area contributed by atoms with E-state index in [1.54, 1.807) is 12.3 Å². The van der Waals surface area contributed by atoms with E-state index in [-0.39, 0.29) is 0 Å². The Morgan fingerprint density at radius 1 is 1.50 bits per heavy atom. The Bertz CT molecular complexity index is 815. The van der Waals surface area contributed by atoms with Gasteiger partial charge in [-0.2, -0.15) is 9.64 Å². The molecule has 20 heavy (non-hydrogen) atoms. The van der Waals surface area contributed by atoms with Crippen LogP contribution in [0.5, 0.6) is 0 Å². The first kappa shape index (κ1) is 13.3. The number of aryl methyl sites for hydroxylation is 1. The van der Waals surface area contributed by atoms with Crippen LogP contribution in [0.4, 0.5) is 5.69 Å². The Morgan fingerprint density at radius 2 is 2.35 bits per heavy atom. The highest BCUT2D eigenvalue weighted by Gasteiger charge is 2.11. The summed E-state index contributed by atoms with van der Waals surface area (Å²) in [5.41, 5.74) is 3.28. The standard InChI is InChI=1S/C13H9ClN4S2/c1-7-4-11(19-17-7)20-18-10-3-2-9(14)12-8(5-15)6-16-13(10)12/h2-4,6,16,18H,1H3. The van der Waals surface area contributed by atoms with E-state index in [9.17, 15) is 0 Å². The third-order valence-corrected chi connectivity index (χ3v) is 4.88. The van der Waals surface area contributed by atoms with Crippen LogP contribution in [0.15, 0.2) is 28.6 Å². The van der Waals surface area contributed by atoms with Crippen LogP contribution >= 0.6 is 35.1 Å². The second kappa shape index (κ2) is 5.37. The average Bonchev–Trinajstić information content (AvgIpc) is 3.05. The zero-order chi connectivity index (χ0) is 14.1. The molecular weight excluding hydrogens is 312 g/mol. The van der Waals surface area contributed by atoms with Gasteiger partial charge in [0, 0.05) is 11.6 Å². The van der Waals surface area contributed by atoms with Gasteiger partial charge in [-0.05, 0) is 48.6 Å². The molecular formula is C13H9ClN4S2. The number of aromatic nitrogens is 2. The normalized spacial score (nSPS) is 10.7. The van der Waals surface area contributed by atoms with E-state index in [1.807, 2.05) is 19.1 Å². The molecule has 2 aromatic heterocycles. The summed E-state index contributed by atoms with van der Waals surface area (Å²) in [5, 5.41) is 10.4. The highest BCUT2D eigenvalue weighted by Crippen LogP contribution is 2.34. The van der Waals surface area contributed by atoms with Crippen molar-refractivity contribution in [3.63, 3.8) is 0 Å². The van der Waals surface area contributed by atoms with E-state index in [0.717, 1.165) is 26.5 Å². The van der Waals surface area contributed by atoms with Gasteiger partial charge < -0.3 is 9.71 Å². The Kier molecular flexibility index (Phi) is 3.57. The Labute approximate surface area is 129 Å². The second-order valence-electron chi connectivity index (χ2n) is 4.15. The molecule has 0 aliphatic heterocycles. The van der Waals surface area contributed by atoms with Gasteiger partial charge in [-0.1, -0.05) is 11.6 Å². The number of nitriles is 1. The van der Waals surface area contributed by atoms with Gasteiger partial charge in [0.25, 0.3) is 0 Å². The van der Waals surface area contributed by atoms with Crippen molar-refractivity contribution in [1.29, 1.82) is 5.26 Å². The molecule has 0 aliphatic carbocycles. The predicted octanol–water partition coefficient (Wildman–Crippen LogP) is 4.58. The smallest absolute Gasteiger partial charge is 0.102 e. The summed E-state index contributed by atoms with van der Waals surface area (Å²) in [7, 11) is 0. The SMILES string of the molecule is Cc1cc(SNc2ccc(Cl)c3c(C#N)c[nH]c23)sn1. The van der Waals surface area contributed by atoms with Gasteiger partial charge >= 0.3 is 0 Å². The minimum Gasteiger partial charge on any atom is -0.358 e. The molecule has 1 aromatic carbocycles. The summed E-state index contributed by atoms with van der Waals surface area (Å²) in [6.45, 7) is 1.96. The molecule has 4 nitrogen and oxygen atoms in total. The first-order valence-electron chi connectivity index (χ1n) is 5.75. The van der Waals surface area contributed by atoms with Crippen LogP contribution in [0.2, 0.25) is 5.02 Å². The van der Waals surface area contributed by atoms with E-state index >= 15 is 0 Å². The lowest BCUT2D eigenvalue weighted by molar-refractivity contribution is 1.34. The van der Waals surface area contributed by atoms with Crippen LogP contribution in [-0.2, 0) is 0 Å². The molecule has 100 valence electrons. The third-order valence-electron chi connectivity index (χ3n) is 2.77.